The van der Waals surface area contributed by atoms with Gasteiger partial charge in [-0.25, -0.2) is 0 Å². The van der Waals surface area contributed by atoms with Crippen LogP contribution in [0.3, 0.4) is 0 Å². The quantitative estimate of drug-likeness (QED) is 0.666. The normalized spacial score (nSPS) is 9.20. The van der Waals surface area contributed by atoms with Crippen LogP contribution in [0, 0.1) is 11.3 Å². The van der Waals surface area contributed by atoms with E-state index >= 15 is 0 Å². The summed E-state index contributed by atoms with van der Waals surface area (Å²) in [6.45, 7) is 2.05. The number of thiophene rings is 1. The monoisotopic (exact) mass is 152 g/mol. The fraction of sp³-hybridized carbons (Fsp3) is 0.286. The number of nitriles is 1. The van der Waals surface area contributed by atoms with Crippen molar-refractivity contribution in [3.05, 3.63) is 15.8 Å². The maximum Gasteiger partial charge on any atom is 0.128 e. The summed E-state index contributed by atoms with van der Waals surface area (Å²) in [5, 5.41) is 8.51. The second-order valence-corrected chi connectivity index (χ2v) is 3.10. The van der Waals surface area contributed by atoms with E-state index in [1.54, 1.807) is 0 Å². The second-order valence-electron chi connectivity index (χ2n) is 1.96. The second kappa shape index (κ2) is 2.72. The van der Waals surface area contributed by atoms with Crippen molar-refractivity contribution in [2.24, 2.45) is 0 Å². The van der Waals surface area contributed by atoms with Gasteiger partial charge >= 0.3 is 0 Å². The van der Waals surface area contributed by atoms with Crippen molar-refractivity contribution in [2.75, 3.05) is 5.73 Å². The summed E-state index contributed by atoms with van der Waals surface area (Å²) < 4.78 is 0. The van der Waals surface area contributed by atoms with Crippen molar-refractivity contribution in [2.45, 2.75) is 13.3 Å². The average Bonchev–Trinajstić information content (AvgIpc) is 2.30. The minimum atomic E-state index is 0.615. The first kappa shape index (κ1) is 7.10. The lowest BCUT2D eigenvalue weighted by Gasteiger charge is -1.79. The first-order valence-corrected chi connectivity index (χ1v) is 3.88. The molecule has 3 heteroatoms. The molecule has 52 valence electrons. The van der Waals surface area contributed by atoms with Crippen LogP contribution in [0.25, 0.3) is 0 Å². The van der Waals surface area contributed by atoms with E-state index < -0.39 is 0 Å². The van der Waals surface area contributed by atoms with Crippen molar-refractivity contribution in [1.29, 1.82) is 5.26 Å². The SMILES string of the molecule is CCc1cc(N)c(C#N)s1. The molecule has 0 saturated carbocycles. The molecule has 10 heavy (non-hydrogen) atoms. The summed E-state index contributed by atoms with van der Waals surface area (Å²) in [7, 11) is 0. The number of anilines is 1. The number of rotatable bonds is 1. The zero-order chi connectivity index (χ0) is 7.56. The predicted octanol–water partition coefficient (Wildman–Crippen LogP) is 1.76. The lowest BCUT2D eigenvalue weighted by molar-refractivity contribution is 1.19. The van der Waals surface area contributed by atoms with Crippen LogP contribution < -0.4 is 5.73 Å². The van der Waals surface area contributed by atoms with E-state index in [0.29, 0.717) is 10.6 Å². The van der Waals surface area contributed by atoms with Crippen molar-refractivity contribution >= 4 is 17.0 Å². The fourth-order valence-corrected chi connectivity index (χ4v) is 1.53. The molecule has 1 aromatic heterocycles. The Hall–Kier alpha value is -1.01. The Bertz CT molecular complexity index is 270. The highest BCUT2D eigenvalue weighted by atomic mass is 32.1. The summed E-state index contributed by atoms with van der Waals surface area (Å²) in [4.78, 5) is 1.81. The van der Waals surface area contributed by atoms with Crippen molar-refractivity contribution in [3.63, 3.8) is 0 Å². The molecule has 0 unspecified atom stereocenters. The molecule has 1 aromatic rings. The smallest absolute Gasteiger partial charge is 0.128 e. The molecule has 2 nitrogen and oxygen atoms in total. The summed E-state index contributed by atoms with van der Waals surface area (Å²) in [6.07, 6.45) is 0.955. The van der Waals surface area contributed by atoms with Crippen LogP contribution in [0.1, 0.15) is 16.7 Å². The summed E-state index contributed by atoms with van der Waals surface area (Å²) in [6, 6.07) is 3.91. The van der Waals surface area contributed by atoms with Gasteiger partial charge in [0.2, 0.25) is 0 Å². The molecule has 0 atom stereocenters. The number of aryl methyl sites for hydroxylation is 1. The van der Waals surface area contributed by atoms with E-state index in [2.05, 4.69) is 0 Å². The van der Waals surface area contributed by atoms with Gasteiger partial charge in [-0.3, -0.25) is 0 Å². The Labute approximate surface area is 63.9 Å². The predicted molar refractivity (Wildman–Crippen MR) is 42.8 cm³/mol. The summed E-state index contributed by atoms with van der Waals surface area (Å²) in [5.74, 6) is 0. The molecule has 1 heterocycles. The Kier molecular flexibility index (Phi) is 1.93. The molecular weight excluding hydrogens is 144 g/mol. The standard InChI is InChI=1S/C7H8N2S/c1-2-5-3-6(9)7(4-8)10-5/h3H,2,9H2,1H3. The molecule has 0 saturated heterocycles. The van der Waals surface area contributed by atoms with Crippen LogP contribution in [-0.4, -0.2) is 0 Å². The summed E-state index contributed by atoms with van der Waals surface area (Å²) >= 11 is 1.47. The molecule has 0 radical (unpaired) electrons. The number of nitrogens with two attached hydrogens (primary N) is 1. The number of hydrogen-bond donors (Lipinski definition) is 1. The Balaban J connectivity index is 3.07. The van der Waals surface area contributed by atoms with Gasteiger partial charge in [0.15, 0.2) is 0 Å². The van der Waals surface area contributed by atoms with Gasteiger partial charge in [0, 0.05) is 4.88 Å². The van der Waals surface area contributed by atoms with Gasteiger partial charge in [-0.15, -0.1) is 11.3 Å². The number of nitrogen functional groups attached to an aromatic ring is 1. The Morgan fingerprint density at radius 2 is 2.50 bits per heavy atom. The minimum Gasteiger partial charge on any atom is -0.397 e. The van der Waals surface area contributed by atoms with Gasteiger partial charge in [-0.1, -0.05) is 6.92 Å². The first-order valence-electron chi connectivity index (χ1n) is 3.06. The van der Waals surface area contributed by atoms with Crippen LogP contribution >= 0.6 is 11.3 Å². The molecule has 0 spiro atoms. The highest BCUT2D eigenvalue weighted by Gasteiger charge is 2.02. The molecule has 2 N–H and O–H groups in total. The fourth-order valence-electron chi connectivity index (χ4n) is 0.720. The highest BCUT2D eigenvalue weighted by Crippen LogP contribution is 2.23. The van der Waals surface area contributed by atoms with E-state index in [-0.39, 0.29) is 0 Å². The number of nitrogens with zero attached hydrogens (tertiary/aromatic N) is 1. The van der Waals surface area contributed by atoms with E-state index in [9.17, 15) is 0 Å². The molecule has 0 aliphatic rings. The molecule has 0 fully saturated rings. The van der Waals surface area contributed by atoms with Gasteiger partial charge in [0.1, 0.15) is 10.9 Å². The van der Waals surface area contributed by atoms with E-state index in [1.165, 1.54) is 16.2 Å². The van der Waals surface area contributed by atoms with Crippen LogP contribution in [0.15, 0.2) is 6.07 Å². The van der Waals surface area contributed by atoms with Crippen LogP contribution in [-0.2, 0) is 6.42 Å². The Morgan fingerprint density at radius 3 is 2.80 bits per heavy atom. The molecule has 0 aliphatic heterocycles. The van der Waals surface area contributed by atoms with Gasteiger partial charge in [-0.2, -0.15) is 5.26 Å². The molecule has 0 aromatic carbocycles. The zero-order valence-electron chi connectivity index (χ0n) is 5.72. The molecule has 0 amide bonds. The third-order valence-electron chi connectivity index (χ3n) is 1.26. The minimum absolute atomic E-state index is 0.615. The van der Waals surface area contributed by atoms with Gasteiger partial charge in [-0.05, 0) is 12.5 Å². The van der Waals surface area contributed by atoms with E-state index in [0.717, 1.165) is 6.42 Å². The third-order valence-corrected chi connectivity index (χ3v) is 2.46. The van der Waals surface area contributed by atoms with Crippen LogP contribution in [0.4, 0.5) is 5.69 Å². The average molecular weight is 152 g/mol. The third kappa shape index (κ3) is 1.12. The lowest BCUT2D eigenvalue weighted by atomic mass is 10.3. The largest absolute Gasteiger partial charge is 0.397 e. The molecule has 1 rings (SSSR count). The van der Waals surface area contributed by atoms with Gasteiger partial charge in [0.05, 0.1) is 5.69 Å². The maximum atomic E-state index is 8.51. The highest BCUT2D eigenvalue weighted by molar-refractivity contribution is 7.13. The topological polar surface area (TPSA) is 49.8 Å². The van der Waals surface area contributed by atoms with Crippen LogP contribution in [0.5, 0.6) is 0 Å². The molecular formula is C7H8N2S. The molecule has 0 bridgehead atoms. The van der Waals surface area contributed by atoms with Gasteiger partial charge in [0.25, 0.3) is 0 Å². The maximum absolute atomic E-state index is 8.51. The molecule has 0 aliphatic carbocycles. The van der Waals surface area contributed by atoms with E-state index in [4.69, 9.17) is 11.0 Å². The lowest BCUT2D eigenvalue weighted by Crippen LogP contribution is -1.81. The Morgan fingerprint density at radius 1 is 1.80 bits per heavy atom. The van der Waals surface area contributed by atoms with Gasteiger partial charge < -0.3 is 5.73 Å². The van der Waals surface area contributed by atoms with E-state index in [1.807, 2.05) is 19.1 Å². The number of hydrogen-bond acceptors (Lipinski definition) is 3. The van der Waals surface area contributed by atoms with Crippen molar-refractivity contribution < 1.29 is 0 Å². The van der Waals surface area contributed by atoms with Crippen LogP contribution in [0.2, 0.25) is 0 Å². The summed E-state index contributed by atoms with van der Waals surface area (Å²) in [5.41, 5.74) is 6.13. The zero-order valence-corrected chi connectivity index (χ0v) is 6.53. The van der Waals surface area contributed by atoms with Crippen molar-refractivity contribution in [3.8, 4) is 6.07 Å². The van der Waals surface area contributed by atoms with Crippen molar-refractivity contribution in [1.82, 2.24) is 0 Å². The first-order chi connectivity index (χ1) is 4.77.